The van der Waals surface area contributed by atoms with Crippen molar-refractivity contribution < 1.29 is 44.7 Å². The highest BCUT2D eigenvalue weighted by atomic mass is 16.7. The van der Waals surface area contributed by atoms with Gasteiger partial charge in [0.1, 0.15) is 6.10 Å². The summed E-state index contributed by atoms with van der Waals surface area (Å²) in [5, 5.41) is 52.9. The van der Waals surface area contributed by atoms with E-state index in [9.17, 15) is 29.7 Å². The first kappa shape index (κ1) is 20.3. The van der Waals surface area contributed by atoms with Crippen LogP contribution in [0.4, 0.5) is 0 Å². The van der Waals surface area contributed by atoms with E-state index in [4.69, 9.17) is 14.9 Å². The van der Waals surface area contributed by atoms with Gasteiger partial charge in [0.2, 0.25) is 11.8 Å². The predicted molar refractivity (Wildman–Crippen MR) is 76.4 cm³/mol. The number of rotatable bonds is 6. The number of hydrogen-bond acceptors (Lipinski definition) is 8. The summed E-state index contributed by atoms with van der Waals surface area (Å²) in [6.45, 7) is 1.42. The van der Waals surface area contributed by atoms with E-state index in [1.165, 1.54) is 0 Å². The van der Waals surface area contributed by atoms with Crippen LogP contribution in [-0.4, -0.2) is 86.1 Å². The lowest BCUT2D eigenvalue weighted by Gasteiger charge is -2.46. The molecule has 1 heterocycles. The SMILES string of the molecule is CC(=O)N[C@@H]([C@@H]1OC(O)(C(=O)O)C[C@H](O)[C@H]1NC(C)=O)[C@H](O)CO. The lowest BCUT2D eigenvalue weighted by atomic mass is 9.87. The molecule has 1 rings (SSSR count). The van der Waals surface area contributed by atoms with Crippen molar-refractivity contribution >= 4 is 17.8 Å². The van der Waals surface area contributed by atoms with E-state index in [-0.39, 0.29) is 0 Å². The number of aliphatic hydroxyl groups is 4. The Morgan fingerprint density at radius 2 is 1.88 bits per heavy atom. The van der Waals surface area contributed by atoms with Gasteiger partial charge in [0, 0.05) is 20.3 Å². The quantitative estimate of drug-likeness (QED) is 0.253. The molecule has 1 unspecified atom stereocenters. The molecule has 7 N–H and O–H groups in total. The standard InChI is InChI=1S/C13H22N2O9/c1-5(17)14-9-7(19)3-13(23,12(21)22)24-11(9)10(8(20)4-16)15-6(2)18/h7-11,16,19-20,23H,3-4H2,1-2H3,(H,14,17)(H,15,18)(H,21,22)/t7-,8+,9+,10+,11+,13?/m0/s1. The largest absolute Gasteiger partial charge is 0.477 e. The molecule has 1 saturated heterocycles. The van der Waals surface area contributed by atoms with Crippen molar-refractivity contribution in [1.29, 1.82) is 0 Å². The molecule has 0 aromatic carbocycles. The predicted octanol–water partition coefficient (Wildman–Crippen LogP) is -3.73. The van der Waals surface area contributed by atoms with Gasteiger partial charge in [-0.05, 0) is 0 Å². The Morgan fingerprint density at radius 3 is 2.29 bits per heavy atom. The molecule has 24 heavy (non-hydrogen) atoms. The van der Waals surface area contributed by atoms with Crippen molar-refractivity contribution in [2.45, 2.75) is 56.5 Å². The second-order valence-electron chi connectivity index (χ2n) is 5.65. The van der Waals surface area contributed by atoms with Gasteiger partial charge in [0.05, 0.1) is 30.9 Å². The molecular weight excluding hydrogens is 328 g/mol. The third-order valence-corrected chi connectivity index (χ3v) is 3.61. The van der Waals surface area contributed by atoms with Crippen molar-refractivity contribution in [3.8, 4) is 0 Å². The molecule has 11 nitrogen and oxygen atoms in total. The number of ether oxygens (including phenoxy) is 1. The van der Waals surface area contributed by atoms with E-state index in [2.05, 4.69) is 10.6 Å². The molecule has 6 atom stereocenters. The number of carbonyl (C=O) groups excluding carboxylic acids is 2. The monoisotopic (exact) mass is 350 g/mol. The Balaban J connectivity index is 3.25. The molecule has 0 aromatic rings. The van der Waals surface area contributed by atoms with Crippen LogP contribution >= 0.6 is 0 Å². The average molecular weight is 350 g/mol. The fraction of sp³-hybridized carbons (Fsp3) is 0.769. The van der Waals surface area contributed by atoms with Crippen LogP contribution in [0.2, 0.25) is 0 Å². The summed E-state index contributed by atoms with van der Waals surface area (Å²) < 4.78 is 5.10. The van der Waals surface area contributed by atoms with Crippen LogP contribution in [0, 0.1) is 0 Å². The number of aliphatic carboxylic acids is 1. The van der Waals surface area contributed by atoms with Crippen LogP contribution in [-0.2, 0) is 19.1 Å². The van der Waals surface area contributed by atoms with Crippen molar-refractivity contribution in [3.63, 3.8) is 0 Å². The van der Waals surface area contributed by atoms with E-state index in [1.54, 1.807) is 0 Å². The van der Waals surface area contributed by atoms with Crippen LogP contribution in [0.3, 0.4) is 0 Å². The van der Waals surface area contributed by atoms with Gasteiger partial charge in [0.15, 0.2) is 0 Å². The summed E-state index contributed by atoms with van der Waals surface area (Å²) in [4.78, 5) is 33.9. The number of amides is 2. The number of nitrogens with one attached hydrogen (secondary N) is 2. The number of carboxylic acid groups (broad SMARTS) is 1. The Labute approximate surface area is 137 Å². The molecule has 0 spiro atoms. The summed E-state index contributed by atoms with van der Waals surface area (Å²) in [6, 6.07) is -2.63. The Morgan fingerprint density at radius 1 is 1.29 bits per heavy atom. The van der Waals surface area contributed by atoms with Crippen molar-refractivity contribution in [2.24, 2.45) is 0 Å². The van der Waals surface area contributed by atoms with E-state index in [0.29, 0.717) is 0 Å². The maximum Gasteiger partial charge on any atom is 0.364 e. The molecule has 138 valence electrons. The zero-order valence-corrected chi connectivity index (χ0v) is 13.2. The molecule has 1 aliphatic heterocycles. The van der Waals surface area contributed by atoms with Crippen LogP contribution in [0.5, 0.6) is 0 Å². The Bertz CT molecular complexity index is 500. The normalized spacial score (nSPS) is 32.5. The van der Waals surface area contributed by atoms with E-state index < -0.39 is 67.0 Å². The minimum Gasteiger partial charge on any atom is -0.477 e. The van der Waals surface area contributed by atoms with Gasteiger partial charge < -0.3 is 40.9 Å². The summed E-state index contributed by atoms with van der Waals surface area (Å²) >= 11 is 0. The molecule has 0 saturated carbocycles. The van der Waals surface area contributed by atoms with Gasteiger partial charge in [-0.1, -0.05) is 0 Å². The zero-order valence-electron chi connectivity index (χ0n) is 13.2. The van der Waals surface area contributed by atoms with Gasteiger partial charge in [-0.2, -0.15) is 0 Å². The van der Waals surface area contributed by atoms with Crippen LogP contribution in [0.1, 0.15) is 20.3 Å². The summed E-state index contributed by atoms with van der Waals surface area (Å²) in [6.07, 6.45) is -5.41. The van der Waals surface area contributed by atoms with Crippen molar-refractivity contribution in [1.82, 2.24) is 10.6 Å². The molecule has 0 radical (unpaired) electrons. The third kappa shape index (κ3) is 4.61. The smallest absolute Gasteiger partial charge is 0.364 e. The molecule has 2 amide bonds. The number of aliphatic hydroxyl groups excluding tert-OH is 3. The topological polar surface area (TPSA) is 186 Å². The lowest BCUT2D eigenvalue weighted by Crippen LogP contribution is -2.69. The summed E-state index contributed by atoms with van der Waals surface area (Å²) in [5.41, 5.74) is 0. The van der Waals surface area contributed by atoms with E-state index in [0.717, 1.165) is 13.8 Å². The third-order valence-electron chi connectivity index (χ3n) is 3.61. The fourth-order valence-electron chi connectivity index (χ4n) is 2.57. The first-order valence-electron chi connectivity index (χ1n) is 7.16. The second-order valence-corrected chi connectivity index (χ2v) is 5.65. The number of carboxylic acids is 1. The highest BCUT2D eigenvalue weighted by Gasteiger charge is 2.54. The minimum atomic E-state index is -2.79. The maximum absolute atomic E-state index is 11.3. The highest BCUT2D eigenvalue weighted by molar-refractivity contribution is 5.76. The Hall–Kier alpha value is -1.79. The fourth-order valence-corrected chi connectivity index (χ4v) is 2.57. The average Bonchev–Trinajstić information content (AvgIpc) is 2.46. The summed E-state index contributed by atoms with van der Waals surface area (Å²) in [7, 11) is 0. The minimum absolute atomic E-state index is 0.589. The molecule has 1 fully saturated rings. The lowest BCUT2D eigenvalue weighted by molar-refractivity contribution is -0.284. The number of hydrogen-bond donors (Lipinski definition) is 7. The first-order chi connectivity index (χ1) is 11.0. The molecular formula is C13H22N2O9. The zero-order chi connectivity index (χ0) is 18.7. The van der Waals surface area contributed by atoms with E-state index in [1.807, 2.05) is 0 Å². The van der Waals surface area contributed by atoms with Crippen LogP contribution in [0.15, 0.2) is 0 Å². The van der Waals surface area contributed by atoms with Gasteiger partial charge >= 0.3 is 5.97 Å². The molecule has 0 aliphatic carbocycles. The maximum atomic E-state index is 11.3. The molecule has 11 heteroatoms. The van der Waals surface area contributed by atoms with Gasteiger partial charge in [-0.15, -0.1) is 0 Å². The molecule has 1 aliphatic rings. The number of carbonyl (C=O) groups is 3. The van der Waals surface area contributed by atoms with Gasteiger partial charge in [0.25, 0.3) is 5.79 Å². The van der Waals surface area contributed by atoms with Crippen molar-refractivity contribution in [3.05, 3.63) is 0 Å². The van der Waals surface area contributed by atoms with Crippen LogP contribution in [0.25, 0.3) is 0 Å². The second kappa shape index (κ2) is 7.85. The van der Waals surface area contributed by atoms with E-state index >= 15 is 0 Å². The summed E-state index contributed by atoms with van der Waals surface area (Å²) in [5.74, 6) is -5.80. The Kier molecular flexibility index (Phi) is 6.63. The molecule has 0 bridgehead atoms. The highest BCUT2D eigenvalue weighted by Crippen LogP contribution is 2.30. The van der Waals surface area contributed by atoms with Crippen LogP contribution < -0.4 is 10.6 Å². The van der Waals surface area contributed by atoms with Gasteiger partial charge in [-0.3, -0.25) is 9.59 Å². The van der Waals surface area contributed by atoms with Gasteiger partial charge in [-0.25, -0.2) is 4.79 Å². The molecule has 0 aromatic heterocycles. The van der Waals surface area contributed by atoms with Crippen molar-refractivity contribution in [2.75, 3.05) is 6.61 Å². The first-order valence-corrected chi connectivity index (χ1v) is 7.16.